The van der Waals surface area contributed by atoms with Crippen molar-refractivity contribution in [3.8, 4) is 27.6 Å². The van der Waals surface area contributed by atoms with Crippen molar-refractivity contribution in [1.29, 1.82) is 0 Å². The summed E-state index contributed by atoms with van der Waals surface area (Å²) < 4.78 is 18.2. The van der Waals surface area contributed by atoms with E-state index in [0.29, 0.717) is 45.6 Å². The molecule has 0 aliphatic rings. The van der Waals surface area contributed by atoms with E-state index in [9.17, 15) is 4.79 Å². The van der Waals surface area contributed by atoms with Gasteiger partial charge in [-0.05, 0) is 35.9 Å². The molecule has 0 saturated heterocycles. The van der Waals surface area contributed by atoms with Crippen LogP contribution in [-0.2, 0) is 4.74 Å². The maximum Gasteiger partial charge on any atom is 0.275 e. The molecule has 0 spiro atoms. The number of halogens is 1. The quantitative estimate of drug-likeness (QED) is 0.385. The second kappa shape index (κ2) is 8.87. The van der Waals surface area contributed by atoms with Crippen LogP contribution in [0.4, 0.5) is 0 Å². The lowest BCUT2D eigenvalue weighted by Gasteiger charge is -2.12. The maximum absolute atomic E-state index is 13.1. The van der Waals surface area contributed by atoms with E-state index in [-0.39, 0.29) is 5.56 Å². The average molecular weight is 443 g/mol. The molecular formula is C22H19ClN2O4S. The third-order valence-corrected chi connectivity index (χ3v) is 5.95. The van der Waals surface area contributed by atoms with Crippen molar-refractivity contribution in [2.75, 3.05) is 27.4 Å². The van der Waals surface area contributed by atoms with E-state index >= 15 is 0 Å². The molecule has 0 aliphatic heterocycles. The van der Waals surface area contributed by atoms with Gasteiger partial charge in [0.05, 0.1) is 24.9 Å². The fourth-order valence-corrected chi connectivity index (χ4v) is 4.19. The summed E-state index contributed by atoms with van der Waals surface area (Å²) in [5.41, 5.74) is 2.16. The molecule has 8 heteroatoms. The number of rotatable bonds is 7. The first-order valence-corrected chi connectivity index (χ1v) is 10.4. The van der Waals surface area contributed by atoms with E-state index in [1.54, 1.807) is 32.4 Å². The first-order chi connectivity index (χ1) is 14.6. The third-order valence-electron chi connectivity index (χ3n) is 4.54. The highest BCUT2D eigenvalue weighted by Crippen LogP contribution is 2.32. The van der Waals surface area contributed by atoms with Crippen molar-refractivity contribution in [2.24, 2.45) is 0 Å². The van der Waals surface area contributed by atoms with Gasteiger partial charge in [-0.15, -0.1) is 11.3 Å². The van der Waals surface area contributed by atoms with Gasteiger partial charge in [-0.3, -0.25) is 9.36 Å². The summed E-state index contributed by atoms with van der Waals surface area (Å²) in [7, 11) is 3.17. The normalized spacial score (nSPS) is 11.0. The van der Waals surface area contributed by atoms with E-state index in [0.717, 1.165) is 10.4 Å². The third kappa shape index (κ3) is 4.05. The summed E-state index contributed by atoms with van der Waals surface area (Å²) in [6.07, 6.45) is 1.53. The molecule has 2 aromatic heterocycles. The zero-order chi connectivity index (χ0) is 21.1. The molecule has 0 N–H and O–H groups in total. The van der Waals surface area contributed by atoms with Gasteiger partial charge in [-0.2, -0.15) is 0 Å². The summed E-state index contributed by atoms with van der Waals surface area (Å²) in [6.45, 7) is 0.877. The van der Waals surface area contributed by atoms with Crippen LogP contribution < -0.4 is 15.0 Å². The summed E-state index contributed by atoms with van der Waals surface area (Å²) in [6, 6.07) is 14.8. The highest BCUT2D eigenvalue weighted by Gasteiger charge is 2.13. The van der Waals surface area contributed by atoms with Crippen LogP contribution in [-0.4, -0.2) is 37.0 Å². The zero-order valence-electron chi connectivity index (χ0n) is 16.4. The van der Waals surface area contributed by atoms with E-state index in [2.05, 4.69) is 4.98 Å². The smallest absolute Gasteiger partial charge is 0.275 e. The van der Waals surface area contributed by atoms with Gasteiger partial charge in [0.1, 0.15) is 17.6 Å². The fraction of sp³-hybridized carbons (Fsp3) is 0.182. The number of ether oxygens (including phenoxy) is 3. The lowest BCUT2D eigenvalue weighted by Crippen LogP contribution is -2.17. The Morgan fingerprint density at radius 2 is 1.83 bits per heavy atom. The van der Waals surface area contributed by atoms with Gasteiger partial charge in [-0.25, -0.2) is 4.98 Å². The van der Waals surface area contributed by atoms with Crippen LogP contribution in [0.25, 0.3) is 26.3 Å². The Hall–Kier alpha value is -2.87. The Morgan fingerprint density at radius 3 is 2.57 bits per heavy atom. The molecule has 4 aromatic rings. The van der Waals surface area contributed by atoms with Crippen molar-refractivity contribution in [1.82, 2.24) is 9.55 Å². The molecule has 2 aromatic carbocycles. The van der Waals surface area contributed by atoms with Crippen molar-refractivity contribution < 1.29 is 14.2 Å². The SMILES string of the molecule is COCCOc1ccc(-n2cnc3cc(-c4ccc(Cl)cc4)sc3c2=O)cc1OC. The number of thiophene rings is 1. The van der Waals surface area contributed by atoms with Crippen molar-refractivity contribution >= 4 is 33.2 Å². The van der Waals surface area contributed by atoms with Crippen LogP contribution in [0, 0.1) is 0 Å². The average Bonchev–Trinajstić information content (AvgIpc) is 3.20. The van der Waals surface area contributed by atoms with Crippen LogP contribution in [0.1, 0.15) is 0 Å². The number of aromatic nitrogens is 2. The summed E-state index contributed by atoms with van der Waals surface area (Å²) in [5, 5.41) is 0.670. The lowest BCUT2D eigenvalue weighted by atomic mass is 10.2. The Kier molecular flexibility index (Phi) is 6.03. The van der Waals surface area contributed by atoms with Crippen LogP contribution in [0.2, 0.25) is 5.02 Å². The molecule has 0 fully saturated rings. The minimum absolute atomic E-state index is 0.139. The molecule has 2 heterocycles. The van der Waals surface area contributed by atoms with Gasteiger partial charge in [0.2, 0.25) is 0 Å². The van der Waals surface area contributed by atoms with Crippen LogP contribution in [0.3, 0.4) is 0 Å². The highest BCUT2D eigenvalue weighted by atomic mass is 35.5. The first kappa shape index (κ1) is 20.4. The van der Waals surface area contributed by atoms with E-state index in [1.165, 1.54) is 22.2 Å². The fourth-order valence-electron chi connectivity index (χ4n) is 3.01. The summed E-state index contributed by atoms with van der Waals surface area (Å²) in [4.78, 5) is 18.6. The van der Waals surface area contributed by atoms with Gasteiger partial charge in [0.15, 0.2) is 11.5 Å². The molecule has 0 atom stereocenters. The molecule has 0 radical (unpaired) electrons. The maximum atomic E-state index is 13.1. The van der Waals surface area contributed by atoms with Gasteiger partial charge in [0, 0.05) is 23.1 Å². The number of methoxy groups -OCH3 is 2. The molecule has 0 saturated carbocycles. The van der Waals surface area contributed by atoms with Gasteiger partial charge < -0.3 is 14.2 Å². The molecule has 154 valence electrons. The van der Waals surface area contributed by atoms with E-state index in [1.807, 2.05) is 30.3 Å². The Labute approximate surface area is 182 Å². The lowest BCUT2D eigenvalue weighted by molar-refractivity contribution is 0.144. The number of hydrogen-bond acceptors (Lipinski definition) is 6. The van der Waals surface area contributed by atoms with Crippen molar-refractivity contribution in [3.05, 3.63) is 70.2 Å². The number of fused-ring (bicyclic) bond motifs is 1. The van der Waals surface area contributed by atoms with Crippen LogP contribution in [0.5, 0.6) is 11.5 Å². The number of benzene rings is 2. The zero-order valence-corrected chi connectivity index (χ0v) is 18.0. The monoisotopic (exact) mass is 442 g/mol. The molecule has 6 nitrogen and oxygen atoms in total. The Bertz CT molecular complexity index is 1230. The van der Waals surface area contributed by atoms with Crippen molar-refractivity contribution in [2.45, 2.75) is 0 Å². The highest BCUT2D eigenvalue weighted by molar-refractivity contribution is 7.22. The van der Waals surface area contributed by atoms with Gasteiger partial charge in [0.25, 0.3) is 5.56 Å². The second-order valence-electron chi connectivity index (χ2n) is 6.43. The van der Waals surface area contributed by atoms with Crippen molar-refractivity contribution in [3.63, 3.8) is 0 Å². The molecule has 0 amide bonds. The van der Waals surface area contributed by atoms with Gasteiger partial charge >= 0.3 is 0 Å². The molecule has 0 bridgehead atoms. The number of hydrogen-bond donors (Lipinski definition) is 0. The minimum Gasteiger partial charge on any atom is -0.493 e. The molecule has 30 heavy (non-hydrogen) atoms. The van der Waals surface area contributed by atoms with E-state index in [4.69, 9.17) is 25.8 Å². The summed E-state index contributed by atoms with van der Waals surface area (Å²) in [5.74, 6) is 1.12. The molecule has 4 rings (SSSR count). The molecule has 0 unspecified atom stereocenters. The Balaban J connectivity index is 1.71. The minimum atomic E-state index is -0.139. The van der Waals surface area contributed by atoms with Gasteiger partial charge in [-0.1, -0.05) is 23.7 Å². The summed E-state index contributed by atoms with van der Waals surface area (Å²) >= 11 is 7.38. The number of nitrogens with zero attached hydrogens (tertiary/aromatic N) is 2. The van der Waals surface area contributed by atoms with E-state index < -0.39 is 0 Å². The first-order valence-electron chi connectivity index (χ1n) is 9.18. The Morgan fingerprint density at radius 1 is 1.03 bits per heavy atom. The standard InChI is InChI=1S/C22H19ClN2O4S/c1-27-9-10-29-18-8-7-16(11-19(18)28-2)25-13-24-17-12-20(30-21(17)22(25)26)14-3-5-15(23)6-4-14/h3-8,11-13H,9-10H2,1-2H3. The second-order valence-corrected chi connectivity index (χ2v) is 7.92. The molecular weight excluding hydrogens is 424 g/mol. The molecule has 0 aliphatic carbocycles. The topological polar surface area (TPSA) is 62.6 Å². The van der Waals surface area contributed by atoms with Crippen LogP contribution >= 0.6 is 22.9 Å². The van der Waals surface area contributed by atoms with Crippen LogP contribution in [0.15, 0.2) is 59.7 Å². The predicted octanol–water partition coefficient (Wildman–Crippen LogP) is 4.80. The largest absolute Gasteiger partial charge is 0.493 e. The predicted molar refractivity (Wildman–Crippen MR) is 120 cm³/mol.